The van der Waals surface area contributed by atoms with Crippen molar-refractivity contribution in [1.82, 2.24) is 9.97 Å². The average Bonchev–Trinajstić information content (AvgIpc) is 2.36. The van der Waals surface area contributed by atoms with Crippen LogP contribution in [0, 0.1) is 5.92 Å². The molecule has 0 spiro atoms. The molecule has 3 N–H and O–H groups in total. The molecule has 0 aliphatic carbocycles. The third-order valence-corrected chi connectivity index (χ3v) is 2.37. The molecule has 0 aliphatic heterocycles. The molecule has 6 nitrogen and oxygen atoms in total. The van der Waals surface area contributed by atoms with Gasteiger partial charge < -0.3 is 20.5 Å². The third kappa shape index (κ3) is 4.44. The van der Waals surface area contributed by atoms with Crippen molar-refractivity contribution in [1.29, 1.82) is 0 Å². The lowest BCUT2D eigenvalue weighted by molar-refractivity contribution is 0.372. The van der Waals surface area contributed by atoms with E-state index in [9.17, 15) is 0 Å². The highest BCUT2D eigenvalue weighted by Gasteiger charge is 2.06. The first-order valence-electron chi connectivity index (χ1n) is 5.60. The summed E-state index contributed by atoms with van der Waals surface area (Å²) < 4.78 is 10.1. The van der Waals surface area contributed by atoms with Crippen LogP contribution in [0.25, 0.3) is 0 Å². The number of rotatable bonds is 7. The standard InChI is InChI=1S/C11H20N4O2/c1-8(4-5-12)7-13-11-14-9(16-2)6-10(15-11)17-3/h6,8H,4-5,7,12H2,1-3H3,(H,13,14,15). The van der Waals surface area contributed by atoms with E-state index in [2.05, 4.69) is 22.2 Å². The second-order valence-corrected chi connectivity index (χ2v) is 3.84. The molecule has 0 amide bonds. The lowest BCUT2D eigenvalue weighted by Gasteiger charge is -2.12. The van der Waals surface area contributed by atoms with Gasteiger partial charge in [0.15, 0.2) is 0 Å². The molecular weight excluding hydrogens is 220 g/mol. The molecular formula is C11H20N4O2. The van der Waals surface area contributed by atoms with Crippen LogP contribution in [0.4, 0.5) is 5.95 Å². The van der Waals surface area contributed by atoms with Gasteiger partial charge in [-0.05, 0) is 18.9 Å². The summed E-state index contributed by atoms with van der Waals surface area (Å²) in [5, 5.41) is 3.14. The van der Waals surface area contributed by atoms with Gasteiger partial charge in [-0.25, -0.2) is 0 Å². The maximum Gasteiger partial charge on any atom is 0.229 e. The summed E-state index contributed by atoms with van der Waals surface area (Å²) >= 11 is 0. The molecule has 0 aliphatic rings. The van der Waals surface area contributed by atoms with Crippen LogP contribution in [-0.2, 0) is 0 Å². The number of hydrogen-bond donors (Lipinski definition) is 2. The van der Waals surface area contributed by atoms with Gasteiger partial charge in [-0.1, -0.05) is 6.92 Å². The SMILES string of the molecule is COc1cc(OC)nc(NCC(C)CCN)n1. The predicted molar refractivity (Wildman–Crippen MR) is 66.5 cm³/mol. The molecule has 1 unspecified atom stereocenters. The summed E-state index contributed by atoms with van der Waals surface area (Å²) in [5.74, 6) is 1.93. The summed E-state index contributed by atoms with van der Waals surface area (Å²) in [6.45, 7) is 3.58. The Morgan fingerprint density at radius 2 is 1.88 bits per heavy atom. The Kier molecular flexibility index (Phi) is 5.48. The Morgan fingerprint density at radius 3 is 2.35 bits per heavy atom. The van der Waals surface area contributed by atoms with Gasteiger partial charge in [0.25, 0.3) is 0 Å². The van der Waals surface area contributed by atoms with E-state index in [-0.39, 0.29) is 0 Å². The summed E-state index contributed by atoms with van der Waals surface area (Å²) in [6.07, 6.45) is 0.966. The molecule has 1 atom stereocenters. The molecule has 0 saturated carbocycles. The van der Waals surface area contributed by atoms with Gasteiger partial charge in [-0.15, -0.1) is 0 Å². The number of aromatic nitrogens is 2. The Hall–Kier alpha value is -1.56. The fourth-order valence-electron chi connectivity index (χ4n) is 1.34. The van der Waals surface area contributed by atoms with Crippen molar-refractivity contribution in [3.8, 4) is 11.8 Å². The number of nitrogens with two attached hydrogens (primary N) is 1. The number of anilines is 1. The van der Waals surface area contributed by atoms with Crippen LogP contribution in [0.1, 0.15) is 13.3 Å². The maximum absolute atomic E-state index is 5.49. The lowest BCUT2D eigenvalue weighted by atomic mass is 10.1. The highest BCUT2D eigenvalue weighted by Crippen LogP contribution is 2.17. The van der Waals surface area contributed by atoms with Crippen molar-refractivity contribution >= 4 is 5.95 Å². The minimum Gasteiger partial charge on any atom is -0.481 e. The van der Waals surface area contributed by atoms with E-state index in [4.69, 9.17) is 15.2 Å². The van der Waals surface area contributed by atoms with E-state index in [1.54, 1.807) is 20.3 Å². The van der Waals surface area contributed by atoms with Gasteiger partial charge in [-0.3, -0.25) is 0 Å². The van der Waals surface area contributed by atoms with Crippen molar-refractivity contribution in [3.63, 3.8) is 0 Å². The van der Waals surface area contributed by atoms with Crippen molar-refractivity contribution in [3.05, 3.63) is 6.07 Å². The average molecular weight is 240 g/mol. The van der Waals surface area contributed by atoms with Gasteiger partial charge in [0.05, 0.1) is 20.3 Å². The smallest absolute Gasteiger partial charge is 0.229 e. The summed E-state index contributed by atoms with van der Waals surface area (Å²) in [4.78, 5) is 8.35. The Balaban J connectivity index is 2.63. The van der Waals surface area contributed by atoms with E-state index >= 15 is 0 Å². The first kappa shape index (κ1) is 13.5. The van der Waals surface area contributed by atoms with Crippen molar-refractivity contribution in [2.45, 2.75) is 13.3 Å². The highest BCUT2D eigenvalue weighted by molar-refractivity contribution is 5.33. The molecule has 1 rings (SSSR count). The van der Waals surface area contributed by atoms with Crippen molar-refractivity contribution < 1.29 is 9.47 Å². The molecule has 6 heteroatoms. The minimum atomic E-state index is 0.473. The lowest BCUT2D eigenvalue weighted by Crippen LogP contribution is -2.16. The highest BCUT2D eigenvalue weighted by atomic mass is 16.5. The number of hydrogen-bond acceptors (Lipinski definition) is 6. The van der Waals surface area contributed by atoms with Gasteiger partial charge in [0.2, 0.25) is 17.7 Å². The van der Waals surface area contributed by atoms with E-state index < -0.39 is 0 Å². The van der Waals surface area contributed by atoms with Crippen LogP contribution >= 0.6 is 0 Å². The van der Waals surface area contributed by atoms with Crippen LogP contribution in [-0.4, -0.2) is 37.3 Å². The zero-order valence-corrected chi connectivity index (χ0v) is 10.6. The molecule has 1 aromatic heterocycles. The van der Waals surface area contributed by atoms with Crippen molar-refractivity contribution in [2.24, 2.45) is 11.7 Å². The van der Waals surface area contributed by atoms with Crippen LogP contribution in [0.5, 0.6) is 11.8 Å². The van der Waals surface area contributed by atoms with Gasteiger partial charge in [-0.2, -0.15) is 9.97 Å². The van der Waals surface area contributed by atoms with Crippen LogP contribution in [0.2, 0.25) is 0 Å². The largest absolute Gasteiger partial charge is 0.481 e. The normalized spacial score (nSPS) is 12.0. The fourth-order valence-corrected chi connectivity index (χ4v) is 1.34. The Labute approximate surface area is 102 Å². The van der Waals surface area contributed by atoms with Gasteiger partial charge in [0, 0.05) is 6.54 Å². The van der Waals surface area contributed by atoms with E-state index in [0.29, 0.717) is 30.2 Å². The summed E-state index contributed by atoms with van der Waals surface area (Å²) in [6, 6.07) is 1.63. The maximum atomic E-state index is 5.49. The quantitative estimate of drug-likeness (QED) is 0.736. The zero-order valence-electron chi connectivity index (χ0n) is 10.6. The van der Waals surface area contributed by atoms with Crippen LogP contribution < -0.4 is 20.5 Å². The molecule has 96 valence electrons. The van der Waals surface area contributed by atoms with Crippen LogP contribution in [0.15, 0.2) is 6.07 Å². The number of ether oxygens (including phenoxy) is 2. The first-order valence-corrected chi connectivity index (χ1v) is 5.60. The predicted octanol–water partition coefficient (Wildman–Crippen LogP) is 0.891. The molecule has 1 aromatic rings. The Morgan fingerprint density at radius 1 is 1.29 bits per heavy atom. The zero-order chi connectivity index (χ0) is 12.7. The van der Waals surface area contributed by atoms with Crippen LogP contribution in [0.3, 0.4) is 0 Å². The summed E-state index contributed by atoms with van der Waals surface area (Å²) in [7, 11) is 3.12. The molecule has 0 fully saturated rings. The number of nitrogens with one attached hydrogen (secondary N) is 1. The third-order valence-electron chi connectivity index (χ3n) is 2.37. The Bertz CT molecular complexity index is 324. The molecule has 17 heavy (non-hydrogen) atoms. The van der Waals surface area contributed by atoms with Crippen molar-refractivity contribution in [2.75, 3.05) is 32.6 Å². The van der Waals surface area contributed by atoms with E-state index in [0.717, 1.165) is 13.0 Å². The second-order valence-electron chi connectivity index (χ2n) is 3.84. The molecule has 1 heterocycles. The molecule has 0 radical (unpaired) electrons. The van der Waals surface area contributed by atoms with Gasteiger partial charge in [0.1, 0.15) is 0 Å². The fraction of sp³-hybridized carbons (Fsp3) is 0.636. The van der Waals surface area contributed by atoms with E-state index in [1.165, 1.54) is 0 Å². The summed E-state index contributed by atoms with van der Waals surface area (Å²) in [5.41, 5.74) is 5.49. The first-order chi connectivity index (χ1) is 8.19. The molecule has 0 bridgehead atoms. The molecule has 0 aromatic carbocycles. The monoisotopic (exact) mass is 240 g/mol. The van der Waals surface area contributed by atoms with E-state index in [1.807, 2.05) is 0 Å². The van der Waals surface area contributed by atoms with Gasteiger partial charge >= 0.3 is 0 Å². The minimum absolute atomic E-state index is 0.473. The number of nitrogens with zero attached hydrogens (tertiary/aromatic N) is 2. The molecule has 0 saturated heterocycles. The number of methoxy groups -OCH3 is 2. The second kappa shape index (κ2) is 6.90. The topological polar surface area (TPSA) is 82.3 Å².